The quantitative estimate of drug-likeness (QED) is 0.523. The summed E-state index contributed by atoms with van der Waals surface area (Å²) in [5.74, 6) is -1.32. The van der Waals surface area contributed by atoms with E-state index >= 15 is 0 Å². The van der Waals surface area contributed by atoms with Gasteiger partial charge in [-0.25, -0.2) is 23.9 Å². The van der Waals surface area contributed by atoms with Crippen molar-refractivity contribution >= 4 is 23.6 Å². The number of urea groups is 1. The van der Waals surface area contributed by atoms with E-state index in [4.69, 9.17) is 4.74 Å². The zero-order valence-electron chi connectivity index (χ0n) is 20.9. The Hall–Kier alpha value is -4.34. The molecule has 1 aliphatic heterocycles. The molecule has 1 atom stereocenters. The summed E-state index contributed by atoms with van der Waals surface area (Å²) in [6.07, 6.45) is 0. The minimum Gasteiger partial charge on any atom is -0.462 e. The van der Waals surface area contributed by atoms with Crippen LogP contribution in [0.15, 0.2) is 54.6 Å². The molecule has 1 N–H and O–H groups in total. The van der Waals surface area contributed by atoms with E-state index in [-0.39, 0.29) is 49.2 Å². The maximum atomic E-state index is 14.0. The van der Waals surface area contributed by atoms with E-state index in [1.807, 2.05) is 18.2 Å². The lowest BCUT2D eigenvalue weighted by Gasteiger charge is -2.39. The Morgan fingerprint density at radius 1 is 1.05 bits per heavy atom. The number of piperazine rings is 1. The first-order chi connectivity index (χ1) is 17.8. The van der Waals surface area contributed by atoms with Gasteiger partial charge in [0.15, 0.2) is 0 Å². The fourth-order valence-corrected chi connectivity index (χ4v) is 4.27. The first kappa shape index (κ1) is 25.7. The van der Waals surface area contributed by atoms with Crippen LogP contribution in [0.3, 0.4) is 0 Å². The smallest absolute Gasteiger partial charge is 0.342 e. The monoisotopic (exact) mass is 505 g/mol. The maximum Gasteiger partial charge on any atom is 0.342 e. The lowest BCUT2D eigenvalue weighted by atomic mass is 10.0. The predicted octanol–water partition coefficient (Wildman–Crippen LogP) is 4.15. The van der Waals surface area contributed by atoms with Gasteiger partial charge in [0.1, 0.15) is 22.9 Å². The lowest BCUT2D eigenvalue weighted by Crippen LogP contribution is -2.56. The second-order valence-electron chi connectivity index (χ2n) is 8.63. The molecule has 3 aromatic rings. The van der Waals surface area contributed by atoms with Gasteiger partial charge in [0.2, 0.25) is 0 Å². The van der Waals surface area contributed by atoms with Crippen LogP contribution in [0.2, 0.25) is 0 Å². The van der Waals surface area contributed by atoms with Crippen LogP contribution in [-0.2, 0) is 4.74 Å². The van der Waals surface area contributed by atoms with E-state index < -0.39 is 23.7 Å². The van der Waals surface area contributed by atoms with Crippen LogP contribution in [0.1, 0.15) is 40.5 Å². The van der Waals surface area contributed by atoms with E-state index in [9.17, 15) is 18.8 Å². The Labute approximate surface area is 214 Å². The molecule has 10 heteroatoms. The highest BCUT2D eigenvalue weighted by atomic mass is 19.1. The van der Waals surface area contributed by atoms with Crippen LogP contribution >= 0.6 is 0 Å². The number of amides is 3. The number of hydrogen-bond donors (Lipinski definition) is 1. The third-order valence-corrected chi connectivity index (χ3v) is 6.04. The summed E-state index contributed by atoms with van der Waals surface area (Å²) in [6, 6.07) is 14.2. The standard InChI is InChI=1S/C27H28FN5O4/c1-4-37-26(35)22-23(19-10-6-5-7-11-19)29-18(3)30-24(22)25(34)32-14-15-33(17(2)16-32)27(36)31-21-13-9-8-12-20(21)28/h5-13,17H,4,14-16H2,1-3H3,(H,31,36). The van der Waals surface area contributed by atoms with Crippen molar-refractivity contribution in [3.63, 3.8) is 0 Å². The van der Waals surface area contributed by atoms with Crippen molar-refractivity contribution in [2.75, 3.05) is 31.6 Å². The third-order valence-electron chi connectivity index (χ3n) is 6.04. The first-order valence-electron chi connectivity index (χ1n) is 12.0. The van der Waals surface area contributed by atoms with Crippen LogP contribution in [0, 0.1) is 12.7 Å². The van der Waals surface area contributed by atoms with Gasteiger partial charge in [-0.1, -0.05) is 42.5 Å². The van der Waals surface area contributed by atoms with Crippen LogP contribution < -0.4 is 5.32 Å². The topological polar surface area (TPSA) is 105 Å². The normalized spacial score (nSPS) is 15.3. The minimum absolute atomic E-state index is 0.0102. The van der Waals surface area contributed by atoms with Gasteiger partial charge in [-0.3, -0.25) is 4.79 Å². The summed E-state index contributed by atoms with van der Waals surface area (Å²) >= 11 is 0. The predicted molar refractivity (Wildman–Crippen MR) is 136 cm³/mol. The minimum atomic E-state index is -0.680. The number of hydrogen-bond acceptors (Lipinski definition) is 6. The number of ether oxygens (including phenoxy) is 1. The lowest BCUT2D eigenvalue weighted by molar-refractivity contribution is 0.0505. The Morgan fingerprint density at radius 2 is 1.76 bits per heavy atom. The Morgan fingerprint density at radius 3 is 2.43 bits per heavy atom. The van der Waals surface area contributed by atoms with Gasteiger partial charge in [0.25, 0.3) is 5.91 Å². The van der Waals surface area contributed by atoms with Gasteiger partial charge < -0.3 is 19.9 Å². The molecule has 37 heavy (non-hydrogen) atoms. The molecule has 0 aliphatic carbocycles. The van der Waals surface area contributed by atoms with Crippen LogP contribution in [0.4, 0.5) is 14.9 Å². The molecule has 1 unspecified atom stereocenters. The molecule has 0 radical (unpaired) electrons. The Bertz CT molecular complexity index is 1320. The summed E-state index contributed by atoms with van der Waals surface area (Å²) in [5.41, 5.74) is 1.04. The number of carbonyl (C=O) groups excluding carboxylic acids is 3. The summed E-state index contributed by atoms with van der Waals surface area (Å²) in [7, 11) is 0. The first-order valence-corrected chi connectivity index (χ1v) is 12.0. The molecule has 0 bridgehead atoms. The molecule has 2 heterocycles. The van der Waals surface area contributed by atoms with Crippen LogP contribution in [0.25, 0.3) is 11.3 Å². The third kappa shape index (κ3) is 5.58. The van der Waals surface area contributed by atoms with Crippen LogP contribution in [0.5, 0.6) is 0 Å². The number of aryl methyl sites for hydroxylation is 1. The zero-order chi connectivity index (χ0) is 26.5. The van der Waals surface area contributed by atoms with Gasteiger partial charge >= 0.3 is 12.0 Å². The average molecular weight is 506 g/mol. The number of rotatable bonds is 5. The van der Waals surface area contributed by atoms with E-state index in [1.54, 1.807) is 54.8 Å². The SMILES string of the molecule is CCOC(=O)c1c(C(=O)N2CCN(C(=O)Nc3ccccc3F)C(C)C2)nc(C)nc1-c1ccccc1. The summed E-state index contributed by atoms with van der Waals surface area (Å²) in [6.45, 7) is 5.90. The second kappa shape index (κ2) is 11.2. The molecule has 4 rings (SSSR count). The van der Waals surface area contributed by atoms with Crippen molar-refractivity contribution in [1.82, 2.24) is 19.8 Å². The maximum absolute atomic E-state index is 14.0. The molecule has 3 amide bonds. The highest BCUT2D eigenvalue weighted by Crippen LogP contribution is 2.26. The fraction of sp³-hybridized carbons (Fsp3) is 0.296. The summed E-state index contributed by atoms with van der Waals surface area (Å²) in [5, 5.41) is 2.58. The van der Waals surface area contributed by atoms with Crippen molar-refractivity contribution in [2.45, 2.75) is 26.8 Å². The number of nitrogens with zero attached hydrogens (tertiary/aromatic N) is 4. The molecule has 2 aromatic carbocycles. The molecule has 1 saturated heterocycles. The van der Waals surface area contributed by atoms with Gasteiger partial charge in [-0.2, -0.15) is 0 Å². The second-order valence-corrected chi connectivity index (χ2v) is 8.63. The number of aromatic nitrogens is 2. The van der Waals surface area contributed by atoms with E-state index in [1.165, 1.54) is 12.1 Å². The number of esters is 1. The van der Waals surface area contributed by atoms with Crippen molar-refractivity contribution < 1.29 is 23.5 Å². The number of benzene rings is 2. The Balaban J connectivity index is 1.59. The van der Waals surface area contributed by atoms with Gasteiger partial charge in [-0.15, -0.1) is 0 Å². The molecule has 1 fully saturated rings. The number of nitrogens with one attached hydrogen (secondary N) is 1. The van der Waals surface area contributed by atoms with Crippen molar-refractivity contribution in [2.24, 2.45) is 0 Å². The number of anilines is 1. The number of halogens is 1. The molecular weight excluding hydrogens is 477 g/mol. The molecule has 0 saturated carbocycles. The van der Waals surface area contributed by atoms with E-state index in [0.29, 0.717) is 17.1 Å². The number of para-hydroxylation sites is 1. The molecule has 192 valence electrons. The molecular formula is C27H28FN5O4. The zero-order valence-corrected chi connectivity index (χ0v) is 20.9. The molecule has 9 nitrogen and oxygen atoms in total. The fourth-order valence-electron chi connectivity index (χ4n) is 4.27. The van der Waals surface area contributed by atoms with E-state index in [0.717, 1.165) is 0 Å². The number of carbonyl (C=O) groups is 3. The van der Waals surface area contributed by atoms with Gasteiger partial charge in [0.05, 0.1) is 18.0 Å². The summed E-state index contributed by atoms with van der Waals surface area (Å²) in [4.78, 5) is 51.4. The molecule has 0 spiro atoms. The Kier molecular flexibility index (Phi) is 7.76. The molecule has 1 aromatic heterocycles. The van der Waals surface area contributed by atoms with Crippen LogP contribution in [-0.4, -0.2) is 70.0 Å². The van der Waals surface area contributed by atoms with Crippen molar-refractivity contribution in [3.05, 3.63) is 77.5 Å². The van der Waals surface area contributed by atoms with E-state index in [2.05, 4.69) is 15.3 Å². The van der Waals surface area contributed by atoms with Crippen molar-refractivity contribution in [3.8, 4) is 11.3 Å². The largest absolute Gasteiger partial charge is 0.462 e. The van der Waals surface area contributed by atoms with Crippen molar-refractivity contribution in [1.29, 1.82) is 0 Å². The van der Waals surface area contributed by atoms with Gasteiger partial charge in [-0.05, 0) is 32.9 Å². The van der Waals surface area contributed by atoms with Gasteiger partial charge in [0, 0.05) is 31.2 Å². The average Bonchev–Trinajstić information content (AvgIpc) is 2.89. The summed E-state index contributed by atoms with van der Waals surface area (Å²) < 4.78 is 19.2. The highest BCUT2D eigenvalue weighted by molar-refractivity contribution is 6.07. The molecule has 1 aliphatic rings. The highest BCUT2D eigenvalue weighted by Gasteiger charge is 2.34.